The van der Waals surface area contributed by atoms with E-state index in [0.717, 1.165) is 5.56 Å². The van der Waals surface area contributed by atoms with Gasteiger partial charge in [-0.25, -0.2) is 4.79 Å². The maximum Gasteiger partial charge on any atom is 0.408 e. The van der Waals surface area contributed by atoms with Gasteiger partial charge >= 0.3 is 6.09 Å². The van der Waals surface area contributed by atoms with E-state index in [0.29, 0.717) is 23.6 Å². The van der Waals surface area contributed by atoms with Crippen LogP contribution in [0, 0.1) is 0 Å². The lowest BCUT2D eigenvalue weighted by Crippen LogP contribution is -2.47. The van der Waals surface area contributed by atoms with Gasteiger partial charge in [-0.15, -0.1) is 0 Å². The van der Waals surface area contributed by atoms with Gasteiger partial charge in [0.15, 0.2) is 11.5 Å². The van der Waals surface area contributed by atoms with Gasteiger partial charge in [0.1, 0.15) is 12.6 Å². The fraction of sp³-hybridized carbons (Fsp3) is 0.333. The third-order valence-electron chi connectivity index (χ3n) is 3.23. The lowest BCUT2D eigenvalue weighted by Gasteiger charge is -2.26. The second-order valence-corrected chi connectivity index (χ2v) is 4.64. The van der Waals surface area contributed by atoms with E-state index in [4.69, 9.17) is 14.2 Å². The number of carbonyl (C=O) groups excluding carboxylic acids is 2. The molecular weight excluding hydrogens is 288 g/mol. The van der Waals surface area contributed by atoms with Gasteiger partial charge < -0.3 is 24.8 Å². The van der Waals surface area contributed by atoms with Crippen molar-refractivity contribution < 1.29 is 23.8 Å². The van der Waals surface area contributed by atoms with E-state index in [2.05, 4.69) is 17.2 Å². The first-order valence-electron chi connectivity index (χ1n) is 6.69. The van der Waals surface area contributed by atoms with Crippen molar-refractivity contribution in [1.29, 1.82) is 0 Å². The van der Waals surface area contributed by atoms with Crippen LogP contribution in [0.3, 0.4) is 0 Å². The van der Waals surface area contributed by atoms with Gasteiger partial charge in [0, 0.05) is 18.2 Å². The predicted octanol–water partition coefficient (Wildman–Crippen LogP) is 1.48. The van der Waals surface area contributed by atoms with Gasteiger partial charge in [0.2, 0.25) is 5.91 Å². The molecule has 2 amide bonds. The second kappa shape index (κ2) is 6.84. The summed E-state index contributed by atoms with van der Waals surface area (Å²) in [6, 6.07) is 2.76. The first kappa shape index (κ1) is 15.7. The topological polar surface area (TPSA) is 85.9 Å². The van der Waals surface area contributed by atoms with Crippen molar-refractivity contribution in [3.8, 4) is 11.5 Å². The lowest BCUT2D eigenvalue weighted by molar-refractivity contribution is -0.118. The van der Waals surface area contributed by atoms with Crippen LogP contribution in [0.4, 0.5) is 10.5 Å². The number of fused-ring (bicyclic) bond motifs is 1. The zero-order valence-corrected chi connectivity index (χ0v) is 12.5. The Balaban J connectivity index is 2.16. The van der Waals surface area contributed by atoms with Crippen LogP contribution in [0.15, 0.2) is 24.8 Å². The number of amides is 2. The summed E-state index contributed by atoms with van der Waals surface area (Å²) < 4.78 is 15.3. The van der Waals surface area contributed by atoms with Crippen LogP contribution in [0.25, 0.3) is 0 Å². The Morgan fingerprint density at radius 1 is 1.41 bits per heavy atom. The number of carbonyl (C=O) groups is 2. The summed E-state index contributed by atoms with van der Waals surface area (Å²) in [6.07, 6.45) is 1.13. The summed E-state index contributed by atoms with van der Waals surface area (Å²) in [7, 11) is 3.06. The van der Waals surface area contributed by atoms with Crippen LogP contribution in [0.1, 0.15) is 5.56 Å². The van der Waals surface area contributed by atoms with E-state index < -0.39 is 12.1 Å². The van der Waals surface area contributed by atoms with Crippen molar-refractivity contribution in [2.24, 2.45) is 0 Å². The molecule has 118 valence electrons. The third kappa shape index (κ3) is 3.30. The first-order chi connectivity index (χ1) is 10.6. The number of benzene rings is 1. The quantitative estimate of drug-likeness (QED) is 0.805. The molecule has 2 rings (SSSR count). The van der Waals surface area contributed by atoms with Gasteiger partial charge in [-0.3, -0.25) is 4.79 Å². The Hall–Kier alpha value is -2.70. The maximum absolute atomic E-state index is 12.0. The molecule has 0 bridgehead atoms. The van der Waals surface area contributed by atoms with Gasteiger partial charge in [0.25, 0.3) is 0 Å². The number of methoxy groups -OCH3 is 2. The number of nitrogens with one attached hydrogen (secondary N) is 2. The molecule has 0 fully saturated rings. The summed E-state index contributed by atoms with van der Waals surface area (Å²) in [5, 5.41) is 5.25. The van der Waals surface area contributed by atoms with Gasteiger partial charge in [-0.1, -0.05) is 12.7 Å². The molecule has 7 nitrogen and oxygen atoms in total. The molecule has 1 aliphatic heterocycles. The molecule has 1 heterocycles. The summed E-state index contributed by atoms with van der Waals surface area (Å²) in [4.78, 5) is 23.6. The summed E-state index contributed by atoms with van der Waals surface area (Å²) in [6.45, 7) is 3.53. The molecule has 7 heteroatoms. The van der Waals surface area contributed by atoms with Crippen LogP contribution < -0.4 is 20.1 Å². The van der Waals surface area contributed by atoms with Crippen molar-refractivity contribution in [3.63, 3.8) is 0 Å². The molecule has 22 heavy (non-hydrogen) atoms. The highest BCUT2D eigenvalue weighted by molar-refractivity contribution is 6.00. The smallest absolute Gasteiger partial charge is 0.408 e. The van der Waals surface area contributed by atoms with Crippen LogP contribution in [-0.4, -0.2) is 38.9 Å². The fourth-order valence-corrected chi connectivity index (χ4v) is 2.17. The number of rotatable bonds is 5. The van der Waals surface area contributed by atoms with E-state index in [1.54, 1.807) is 12.1 Å². The average Bonchev–Trinajstić information content (AvgIpc) is 2.52. The fourth-order valence-electron chi connectivity index (χ4n) is 2.17. The predicted molar refractivity (Wildman–Crippen MR) is 80.3 cm³/mol. The molecule has 0 radical (unpaired) electrons. The molecule has 0 aliphatic carbocycles. The lowest BCUT2D eigenvalue weighted by atomic mass is 9.98. The van der Waals surface area contributed by atoms with Crippen LogP contribution in [-0.2, 0) is 16.0 Å². The van der Waals surface area contributed by atoms with Crippen molar-refractivity contribution >= 4 is 17.7 Å². The molecule has 0 unspecified atom stereocenters. The Kier molecular flexibility index (Phi) is 4.88. The normalized spacial score (nSPS) is 16.1. The Morgan fingerprint density at radius 2 is 2.09 bits per heavy atom. The standard InChI is InChI=1S/C15H18N2O5/c1-4-5-22-15(19)17-11-6-9-7-12(20-2)13(21-3)8-10(9)16-14(11)18/h4,7-8,11H,1,5-6H2,2-3H3,(H,16,18)(H,17,19)/t11-/m0/s1. The Bertz CT molecular complexity index is 600. The monoisotopic (exact) mass is 306 g/mol. The molecule has 1 aliphatic rings. The highest BCUT2D eigenvalue weighted by Crippen LogP contribution is 2.35. The molecule has 0 spiro atoms. The van der Waals surface area contributed by atoms with E-state index in [-0.39, 0.29) is 12.5 Å². The molecule has 0 saturated carbocycles. The maximum atomic E-state index is 12.0. The number of ether oxygens (including phenoxy) is 3. The minimum absolute atomic E-state index is 0.0851. The second-order valence-electron chi connectivity index (χ2n) is 4.64. The zero-order valence-electron chi connectivity index (χ0n) is 12.5. The average molecular weight is 306 g/mol. The summed E-state index contributed by atoms with van der Waals surface area (Å²) in [5.41, 5.74) is 1.48. The highest BCUT2D eigenvalue weighted by Gasteiger charge is 2.29. The van der Waals surface area contributed by atoms with Crippen LogP contribution in [0.5, 0.6) is 11.5 Å². The molecule has 1 atom stereocenters. The Labute approximate surface area is 128 Å². The van der Waals surface area contributed by atoms with Gasteiger partial charge in [-0.05, 0) is 11.6 Å². The number of anilines is 1. The molecule has 1 aromatic rings. The summed E-state index contributed by atoms with van der Waals surface area (Å²) in [5.74, 6) is 0.777. The minimum Gasteiger partial charge on any atom is -0.493 e. The number of hydrogen-bond donors (Lipinski definition) is 2. The van der Waals surface area contributed by atoms with E-state index in [1.807, 2.05) is 0 Å². The molecule has 2 N–H and O–H groups in total. The van der Waals surface area contributed by atoms with Crippen molar-refractivity contribution in [1.82, 2.24) is 5.32 Å². The molecule has 0 aromatic heterocycles. The SMILES string of the molecule is C=CCOC(=O)N[C@H]1Cc2cc(OC)c(OC)cc2NC1=O. The third-order valence-corrected chi connectivity index (χ3v) is 3.23. The largest absolute Gasteiger partial charge is 0.493 e. The Morgan fingerprint density at radius 3 is 2.73 bits per heavy atom. The van der Waals surface area contributed by atoms with E-state index in [1.165, 1.54) is 20.3 Å². The van der Waals surface area contributed by atoms with Crippen LogP contribution in [0.2, 0.25) is 0 Å². The summed E-state index contributed by atoms with van der Waals surface area (Å²) >= 11 is 0. The van der Waals surface area contributed by atoms with E-state index >= 15 is 0 Å². The highest BCUT2D eigenvalue weighted by atomic mass is 16.5. The van der Waals surface area contributed by atoms with Gasteiger partial charge in [0.05, 0.1) is 14.2 Å². The first-order valence-corrected chi connectivity index (χ1v) is 6.69. The molecule has 1 aromatic carbocycles. The van der Waals surface area contributed by atoms with Crippen molar-refractivity contribution in [2.75, 3.05) is 26.1 Å². The van der Waals surface area contributed by atoms with E-state index in [9.17, 15) is 9.59 Å². The molecular formula is C15H18N2O5. The van der Waals surface area contributed by atoms with Crippen molar-refractivity contribution in [3.05, 3.63) is 30.4 Å². The number of alkyl carbamates (subject to hydrolysis) is 1. The van der Waals surface area contributed by atoms with Crippen LogP contribution >= 0.6 is 0 Å². The molecule has 0 saturated heterocycles. The van der Waals surface area contributed by atoms with Gasteiger partial charge in [-0.2, -0.15) is 0 Å². The zero-order chi connectivity index (χ0) is 16.1. The minimum atomic E-state index is -0.706. The van der Waals surface area contributed by atoms with Crippen molar-refractivity contribution in [2.45, 2.75) is 12.5 Å². The number of hydrogen-bond acceptors (Lipinski definition) is 5.